The molecule has 0 aromatic carbocycles. The van der Waals surface area contributed by atoms with Gasteiger partial charge in [0.25, 0.3) is 6.20 Å². The van der Waals surface area contributed by atoms with Crippen LogP contribution in [0, 0.1) is 0 Å². The monoisotopic (exact) mass is 355 g/mol. The molecule has 7 nitrogen and oxygen atoms in total. The molecule has 0 saturated heterocycles. The van der Waals surface area contributed by atoms with Gasteiger partial charge in [0.05, 0.1) is 16.3 Å². The van der Waals surface area contributed by atoms with Crippen molar-refractivity contribution < 1.29 is 14.3 Å². The van der Waals surface area contributed by atoms with Gasteiger partial charge in [-0.25, -0.2) is 9.98 Å². The van der Waals surface area contributed by atoms with Crippen LogP contribution in [-0.2, 0) is 0 Å². The third-order valence-electron chi connectivity index (χ3n) is 3.85. The smallest absolute Gasteiger partial charge is 0.320 e. The van der Waals surface area contributed by atoms with E-state index in [0.29, 0.717) is 16.6 Å². The van der Waals surface area contributed by atoms with Crippen LogP contribution >= 0.6 is 11.3 Å². The predicted octanol–water partition coefficient (Wildman–Crippen LogP) is 2.35. The first-order valence-electron chi connectivity index (χ1n) is 7.99. The zero-order valence-electron chi connectivity index (χ0n) is 13.9. The van der Waals surface area contributed by atoms with Crippen LogP contribution in [0.4, 0.5) is 11.6 Å². The van der Waals surface area contributed by atoms with Gasteiger partial charge < -0.3 is 10.8 Å². The summed E-state index contributed by atoms with van der Waals surface area (Å²) in [5.41, 5.74) is 8.52. The fourth-order valence-corrected chi connectivity index (χ4v) is 3.49. The maximum Gasteiger partial charge on any atom is 0.320 e. The van der Waals surface area contributed by atoms with Crippen molar-refractivity contribution in [2.24, 2.45) is 4.99 Å². The minimum Gasteiger partial charge on any atom is -0.857 e. The molecule has 8 heteroatoms. The third kappa shape index (κ3) is 3.12. The Kier molecular flexibility index (Phi) is 3.76. The summed E-state index contributed by atoms with van der Waals surface area (Å²) in [6.45, 7) is 4.02. The molecule has 0 amide bonds. The molecule has 3 heterocycles. The van der Waals surface area contributed by atoms with E-state index in [-0.39, 0.29) is 5.88 Å². The van der Waals surface area contributed by atoms with E-state index < -0.39 is 5.90 Å². The molecule has 1 aliphatic rings. The Morgan fingerprint density at radius 3 is 2.96 bits per heavy atom. The molecule has 3 aromatic heterocycles. The number of aliphatic imine (C=N–C) groups is 1. The Labute approximate surface area is 148 Å². The van der Waals surface area contributed by atoms with Crippen LogP contribution in [-0.4, -0.2) is 16.2 Å². The standard InChI is InChI=1S/C17H17N5O2S/c1-9(2)7-10-3-6-12-14(18)15(25-17(12)19-10)16(23)20-13-8-22(21-24-13)11-4-5-11/h3,6-8,11H,4-5H2,1-2H3,(H2-,18,20,21,23). The number of nitrogens with zero attached hydrogens (tertiary/aromatic N) is 4. The summed E-state index contributed by atoms with van der Waals surface area (Å²) in [5, 5.41) is 17.1. The molecular weight excluding hydrogens is 338 g/mol. The van der Waals surface area contributed by atoms with Gasteiger partial charge in [-0.1, -0.05) is 5.57 Å². The van der Waals surface area contributed by atoms with Crippen LogP contribution in [0.25, 0.3) is 16.3 Å². The van der Waals surface area contributed by atoms with Gasteiger partial charge >= 0.3 is 5.88 Å². The first-order chi connectivity index (χ1) is 12.0. The maximum absolute atomic E-state index is 12.5. The zero-order valence-corrected chi connectivity index (χ0v) is 14.7. The lowest BCUT2D eigenvalue weighted by Gasteiger charge is -2.06. The quantitative estimate of drug-likeness (QED) is 0.439. The second kappa shape index (κ2) is 5.96. The minimum absolute atomic E-state index is 0.187. The number of rotatable bonds is 4. The van der Waals surface area contributed by atoms with E-state index in [2.05, 4.69) is 15.2 Å². The molecule has 25 heavy (non-hydrogen) atoms. The normalized spacial score (nSPS) is 14.9. The number of thiophene rings is 1. The highest BCUT2D eigenvalue weighted by Gasteiger charge is 2.35. The van der Waals surface area contributed by atoms with E-state index >= 15 is 0 Å². The molecule has 2 N–H and O–H groups in total. The molecule has 1 aliphatic carbocycles. The van der Waals surface area contributed by atoms with Crippen molar-refractivity contribution in [1.29, 1.82) is 0 Å². The van der Waals surface area contributed by atoms with Crippen LogP contribution in [0.5, 0.6) is 0 Å². The average molecular weight is 355 g/mol. The third-order valence-corrected chi connectivity index (χ3v) is 4.95. The van der Waals surface area contributed by atoms with Crippen LogP contribution < -0.4 is 15.5 Å². The van der Waals surface area contributed by atoms with Gasteiger partial charge in [-0.15, -0.1) is 11.3 Å². The number of fused-ring (bicyclic) bond motifs is 1. The predicted molar refractivity (Wildman–Crippen MR) is 94.5 cm³/mol. The molecule has 1 saturated carbocycles. The highest BCUT2D eigenvalue weighted by Crippen LogP contribution is 2.33. The average Bonchev–Trinajstić information content (AvgIpc) is 3.22. The molecule has 0 unspecified atom stereocenters. The lowest BCUT2D eigenvalue weighted by atomic mass is 10.2. The molecule has 0 radical (unpaired) electrons. The summed E-state index contributed by atoms with van der Waals surface area (Å²) in [6.07, 6.45) is 5.78. The van der Waals surface area contributed by atoms with Crippen molar-refractivity contribution in [1.82, 2.24) is 10.3 Å². The molecule has 0 aliphatic heterocycles. The Balaban J connectivity index is 1.70. The number of pyridine rings is 1. The SMILES string of the molecule is CC(C)=Cc1ccc2c(N)c(/C([O-])=N/c3c[n+](C4CC4)no3)sc2n1. The second-order valence-corrected chi connectivity index (χ2v) is 7.32. The highest BCUT2D eigenvalue weighted by atomic mass is 32.1. The van der Waals surface area contributed by atoms with Crippen molar-refractivity contribution in [3.63, 3.8) is 0 Å². The fraction of sp³-hybridized carbons (Fsp3) is 0.294. The molecular formula is C17H17N5O2S. The molecule has 0 bridgehead atoms. The highest BCUT2D eigenvalue weighted by molar-refractivity contribution is 7.21. The lowest BCUT2D eigenvalue weighted by Crippen LogP contribution is -2.32. The number of hydrogen-bond donors (Lipinski definition) is 1. The van der Waals surface area contributed by atoms with E-state index in [1.807, 2.05) is 32.1 Å². The summed E-state index contributed by atoms with van der Waals surface area (Å²) in [6, 6.07) is 4.14. The number of anilines is 1. The van der Waals surface area contributed by atoms with Gasteiger partial charge in [0.1, 0.15) is 4.83 Å². The summed E-state index contributed by atoms with van der Waals surface area (Å²) in [4.78, 5) is 9.63. The van der Waals surface area contributed by atoms with E-state index in [4.69, 9.17) is 10.3 Å². The van der Waals surface area contributed by atoms with Gasteiger partial charge in [0.15, 0.2) is 6.04 Å². The molecule has 3 aromatic rings. The largest absolute Gasteiger partial charge is 0.857 e. The molecule has 1 fully saturated rings. The first kappa shape index (κ1) is 15.8. The number of nitrogen functional groups attached to an aromatic ring is 1. The summed E-state index contributed by atoms with van der Waals surface area (Å²) in [7, 11) is 0. The van der Waals surface area contributed by atoms with Crippen molar-refractivity contribution >= 4 is 45.1 Å². The summed E-state index contributed by atoms with van der Waals surface area (Å²) in [5.74, 6) is -0.254. The number of nitrogens with two attached hydrogens (primary N) is 1. The second-order valence-electron chi connectivity index (χ2n) is 6.32. The maximum atomic E-state index is 12.5. The van der Waals surface area contributed by atoms with Crippen molar-refractivity contribution in [2.45, 2.75) is 32.7 Å². The Bertz CT molecular complexity index is 1010. The van der Waals surface area contributed by atoms with Crippen LogP contribution in [0.15, 0.2) is 33.4 Å². The minimum atomic E-state index is -0.441. The molecule has 128 valence electrons. The van der Waals surface area contributed by atoms with E-state index in [9.17, 15) is 5.11 Å². The van der Waals surface area contributed by atoms with Gasteiger partial charge in [-0.05, 0) is 36.7 Å². The van der Waals surface area contributed by atoms with Crippen molar-refractivity contribution in [3.05, 3.63) is 34.5 Å². The lowest BCUT2D eigenvalue weighted by molar-refractivity contribution is -0.765. The zero-order chi connectivity index (χ0) is 17.6. The van der Waals surface area contributed by atoms with E-state index in [1.165, 1.54) is 11.3 Å². The van der Waals surface area contributed by atoms with Gasteiger partial charge in [-0.2, -0.15) is 0 Å². The number of allylic oxidation sites excluding steroid dienone is 1. The Hall–Kier alpha value is -2.74. The summed E-state index contributed by atoms with van der Waals surface area (Å²) < 4.78 is 6.80. The molecule has 0 spiro atoms. The first-order valence-corrected chi connectivity index (χ1v) is 8.81. The number of aromatic nitrogens is 3. The Morgan fingerprint density at radius 2 is 2.24 bits per heavy atom. The van der Waals surface area contributed by atoms with E-state index in [0.717, 1.165) is 34.3 Å². The summed E-state index contributed by atoms with van der Waals surface area (Å²) >= 11 is 1.24. The topological polar surface area (TPSA) is 104 Å². The van der Waals surface area contributed by atoms with Crippen LogP contribution in [0.2, 0.25) is 0 Å². The van der Waals surface area contributed by atoms with Crippen LogP contribution in [0.3, 0.4) is 0 Å². The van der Waals surface area contributed by atoms with E-state index in [1.54, 1.807) is 10.9 Å². The molecule has 0 atom stereocenters. The Morgan fingerprint density at radius 1 is 1.44 bits per heavy atom. The van der Waals surface area contributed by atoms with Gasteiger partial charge in [-0.3, -0.25) is 4.52 Å². The van der Waals surface area contributed by atoms with Gasteiger partial charge in [0.2, 0.25) is 5.27 Å². The number of hydrogen-bond acceptors (Lipinski definition) is 7. The molecule has 4 rings (SSSR count). The van der Waals surface area contributed by atoms with Crippen LogP contribution in [0.1, 0.15) is 43.3 Å². The fourth-order valence-electron chi connectivity index (χ4n) is 2.51. The van der Waals surface area contributed by atoms with Gasteiger partial charge in [0, 0.05) is 24.1 Å². The van der Waals surface area contributed by atoms with Crippen molar-refractivity contribution in [2.75, 3.05) is 5.73 Å². The van der Waals surface area contributed by atoms with Crippen molar-refractivity contribution in [3.8, 4) is 0 Å².